The number of carbonyl (C=O) groups is 4. The Labute approximate surface area is 185 Å². The van der Waals surface area contributed by atoms with Crippen LogP contribution in [-0.2, 0) is 30.3 Å². The van der Waals surface area contributed by atoms with Gasteiger partial charge in [0.2, 0.25) is 11.7 Å². The largest absolute Gasteiger partial charge is 0.467 e. The highest BCUT2D eigenvalue weighted by atomic mass is 16.5. The van der Waals surface area contributed by atoms with Gasteiger partial charge < -0.3 is 15.4 Å². The molecule has 0 aliphatic heterocycles. The van der Waals surface area contributed by atoms with E-state index in [0.29, 0.717) is 12.8 Å². The van der Waals surface area contributed by atoms with Crippen molar-refractivity contribution in [2.24, 2.45) is 5.92 Å². The Morgan fingerprint density at radius 3 is 2.19 bits per heavy atom. The zero-order valence-corrected chi connectivity index (χ0v) is 19.1. The predicted octanol–water partition coefficient (Wildman–Crippen LogP) is 2.96. The van der Waals surface area contributed by atoms with Gasteiger partial charge >= 0.3 is 5.97 Å². The van der Waals surface area contributed by atoms with E-state index in [-0.39, 0.29) is 18.8 Å². The average molecular weight is 433 g/mol. The van der Waals surface area contributed by atoms with Crippen LogP contribution in [0.2, 0.25) is 0 Å². The van der Waals surface area contributed by atoms with E-state index in [1.807, 2.05) is 44.2 Å². The number of ketones is 1. The maximum absolute atomic E-state index is 12.9. The van der Waals surface area contributed by atoms with Crippen molar-refractivity contribution >= 4 is 23.6 Å². The SMILES string of the molecule is CCCCCCC(=O)C(=O)N[C@@H](CC(C)C)C(=O)N[C@@H](Cc1ccccc1)C(=O)OC. The molecule has 31 heavy (non-hydrogen) atoms. The molecule has 2 atom stereocenters. The molecule has 7 heteroatoms. The first-order valence-electron chi connectivity index (χ1n) is 11.0. The Morgan fingerprint density at radius 2 is 1.61 bits per heavy atom. The lowest BCUT2D eigenvalue weighted by atomic mass is 10.0. The van der Waals surface area contributed by atoms with Gasteiger partial charge in [-0.1, -0.05) is 70.4 Å². The molecule has 0 fully saturated rings. The molecule has 0 radical (unpaired) electrons. The van der Waals surface area contributed by atoms with Gasteiger partial charge in [0, 0.05) is 12.8 Å². The average Bonchev–Trinajstić information content (AvgIpc) is 2.75. The van der Waals surface area contributed by atoms with Crippen molar-refractivity contribution in [1.82, 2.24) is 10.6 Å². The Morgan fingerprint density at radius 1 is 0.935 bits per heavy atom. The van der Waals surface area contributed by atoms with Crippen LogP contribution >= 0.6 is 0 Å². The quantitative estimate of drug-likeness (QED) is 0.267. The highest BCUT2D eigenvalue weighted by Gasteiger charge is 2.29. The van der Waals surface area contributed by atoms with Crippen LogP contribution in [0, 0.1) is 5.92 Å². The summed E-state index contributed by atoms with van der Waals surface area (Å²) in [5.41, 5.74) is 0.866. The van der Waals surface area contributed by atoms with Crippen molar-refractivity contribution in [2.75, 3.05) is 7.11 Å². The van der Waals surface area contributed by atoms with Crippen molar-refractivity contribution in [3.8, 4) is 0 Å². The fourth-order valence-electron chi connectivity index (χ4n) is 3.23. The molecular weight excluding hydrogens is 396 g/mol. The second-order valence-electron chi connectivity index (χ2n) is 8.16. The Balaban J connectivity index is 2.80. The number of esters is 1. The third kappa shape index (κ3) is 10.2. The lowest BCUT2D eigenvalue weighted by Crippen LogP contribution is -2.53. The van der Waals surface area contributed by atoms with E-state index in [1.165, 1.54) is 7.11 Å². The molecule has 0 saturated heterocycles. The van der Waals surface area contributed by atoms with E-state index in [2.05, 4.69) is 17.6 Å². The van der Waals surface area contributed by atoms with Crippen molar-refractivity contribution < 1.29 is 23.9 Å². The minimum Gasteiger partial charge on any atom is -0.467 e. The van der Waals surface area contributed by atoms with E-state index < -0.39 is 35.7 Å². The summed E-state index contributed by atoms with van der Waals surface area (Å²) in [6.45, 7) is 5.91. The van der Waals surface area contributed by atoms with Gasteiger partial charge in [-0.3, -0.25) is 14.4 Å². The van der Waals surface area contributed by atoms with Gasteiger partial charge in [0.25, 0.3) is 5.91 Å². The Kier molecular flexibility index (Phi) is 12.2. The van der Waals surface area contributed by atoms with Gasteiger partial charge in [-0.25, -0.2) is 4.79 Å². The Bertz CT molecular complexity index is 718. The fourth-order valence-corrected chi connectivity index (χ4v) is 3.23. The number of rotatable bonds is 14. The van der Waals surface area contributed by atoms with Crippen LogP contribution in [0.5, 0.6) is 0 Å². The maximum atomic E-state index is 12.9. The van der Waals surface area contributed by atoms with Gasteiger partial charge in [-0.15, -0.1) is 0 Å². The van der Waals surface area contributed by atoms with Crippen LogP contribution in [0.15, 0.2) is 30.3 Å². The minimum absolute atomic E-state index is 0.0985. The highest BCUT2D eigenvalue weighted by Crippen LogP contribution is 2.09. The van der Waals surface area contributed by atoms with E-state index in [9.17, 15) is 19.2 Å². The summed E-state index contributed by atoms with van der Waals surface area (Å²) in [7, 11) is 1.26. The summed E-state index contributed by atoms with van der Waals surface area (Å²) in [5.74, 6) is -2.26. The summed E-state index contributed by atoms with van der Waals surface area (Å²) in [6, 6.07) is 7.46. The molecule has 0 saturated carbocycles. The van der Waals surface area contributed by atoms with Crippen molar-refractivity contribution in [3.63, 3.8) is 0 Å². The molecule has 1 aromatic carbocycles. The van der Waals surface area contributed by atoms with Crippen LogP contribution in [-0.4, -0.2) is 42.8 Å². The van der Waals surface area contributed by atoms with Gasteiger partial charge in [-0.05, 0) is 24.3 Å². The molecule has 0 unspecified atom stereocenters. The molecule has 1 aromatic rings. The molecule has 0 aliphatic rings. The first-order chi connectivity index (χ1) is 14.8. The van der Waals surface area contributed by atoms with Gasteiger partial charge in [0.15, 0.2) is 0 Å². The van der Waals surface area contributed by atoms with Crippen LogP contribution in [0.1, 0.15) is 64.9 Å². The van der Waals surface area contributed by atoms with Crippen LogP contribution < -0.4 is 10.6 Å². The molecule has 0 bridgehead atoms. The van der Waals surface area contributed by atoms with E-state index in [1.54, 1.807) is 0 Å². The van der Waals surface area contributed by atoms with Gasteiger partial charge in [0.1, 0.15) is 12.1 Å². The molecule has 0 aromatic heterocycles. The predicted molar refractivity (Wildman–Crippen MR) is 119 cm³/mol. The summed E-state index contributed by atoms with van der Waals surface area (Å²) in [5, 5.41) is 5.25. The molecule has 0 spiro atoms. The number of methoxy groups -OCH3 is 1. The molecule has 7 nitrogen and oxygen atoms in total. The van der Waals surface area contributed by atoms with Crippen LogP contribution in [0.4, 0.5) is 0 Å². The number of ether oxygens (including phenoxy) is 1. The molecule has 1 rings (SSSR count). The number of hydrogen-bond acceptors (Lipinski definition) is 5. The first-order valence-corrected chi connectivity index (χ1v) is 11.0. The minimum atomic E-state index is -0.907. The topological polar surface area (TPSA) is 102 Å². The highest BCUT2D eigenvalue weighted by molar-refractivity contribution is 6.36. The van der Waals surface area contributed by atoms with Crippen LogP contribution in [0.3, 0.4) is 0 Å². The van der Waals surface area contributed by atoms with E-state index in [0.717, 1.165) is 24.8 Å². The zero-order chi connectivity index (χ0) is 23.2. The smallest absolute Gasteiger partial charge is 0.328 e. The molecule has 0 aliphatic carbocycles. The van der Waals surface area contributed by atoms with Gasteiger partial charge in [-0.2, -0.15) is 0 Å². The molecule has 172 valence electrons. The lowest BCUT2D eigenvalue weighted by molar-refractivity contribution is -0.145. The maximum Gasteiger partial charge on any atom is 0.328 e. The number of hydrogen-bond donors (Lipinski definition) is 2. The second-order valence-corrected chi connectivity index (χ2v) is 8.16. The monoisotopic (exact) mass is 432 g/mol. The molecule has 2 amide bonds. The van der Waals surface area contributed by atoms with E-state index in [4.69, 9.17) is 4.74 Å². The number of amides is 2. The zero-order valence-electron chi connectivity index (χ0n) is 19.1. The second kappa shape index (κ2) is 14.3. The van der Waals surface area contributed by atoms with Crippen molar-refractivity contribution in [1.29, 1.82) is 0 Å². The summed E-state index contributed by atoms with van der Waals surface area (Å²) < 4.78 is 4.83. The molecule has 0 heterocycles. The third-order valence-corrected chi connectivity index (χ3v) is 4.92. The van der Waals surface area contributed by atoms with E-state index >= 15 is 0 Å². The normalized spacial score (nSPS) is 12.7. The summed E-state index contributed by atoms with van der Waals surface area (Å²) in [4.78, 5) is 49.6. The van der Waals surface area contributed by atoms with Crippen LogP contribution in [0.25, 0.3) is 0 Å². The Hall–Kier alpha value is -2.70. The van der Waals surface area contributed by atoms with Crippen molar-refractivity contribution in [3.05, 3.63) is 35.9 Å². The van der Waals surface area contributed by atoms with Crippen molar-refractivity contribution in [2.45, 2.75) is 77.8 Å². The number of unbranched alkanes of at least 4 members (excludes halogenated alkanes) is 3. The number of nitrogens with one attached hydrogen (secondary N) is 2. The fraction of sp³-hybridized carbons (Fsp3) is 0.583. The number of carbonyl (C=O) groups excluding carboxylic acids is 4. The summed E-state index contributed by atoms with van der Waals surface area (Å²) in [6.07, 6.45) is 4.39. The molecule has 2 N–H and O–H groups in total. The van der Waals surface area contributed by atoms with Gasteiger partial charge in [0.05, 0.1) is 7.11 Å². The third-order valence-electron chi connectivity index (χ3n) is 4.92. The number of Topliss-reactive ketones (excluding diaryl/α,β-unsaturated/α-hetero) is 1. The first kappa shape index (κ1) is 26.3. The number of benzene rings is 1. The molecular formula is C24H36N2O5. The summed E-state index contributed by atoms with van der Waals surface area (Å²) >= 11 is 0. The lowest BCUT2D eigenvalue weighted by Gasteiger charge is -2.23. The standard InChI is InChI=1S/C24H36N2O5/c1-5-6-7-11-14-21(27)23(29)25-19(15-17(2)3)22(28)26-20(24(30)31-4)16-18-12-9-8-10-13-18/h8-10,12-13,17,19-20H,5-7,11,14-16H2,1-4H3,(H,25,29)(H,26,28)/t19-,20-/m0/s1.